The Hall–Kier alpha value is -2.41. The predicted molar refractivity (Wildman–Crippen MR) is 119 cm³/mol. The van der Waals surface area contributed by atoms with Crippen molar-refractivity contribution in [2.24, 2.45) is 23.7 Å². The fraction of sp³-hybridized carbons (Fsp3) is 0.609. The highest BCUT2D eigenvalue weighted by atomic mass is 16.5. The van der Waals surface area contributed by atoms with Gasteiger partial charge in [-0.1, -0.05) is 25.5 Å². The number of aromatic amines is 1. The van der Waals surface area contributed by atoms with Crippen LogP contribution in [0.25, 0.3) is 11.2 Å². The monoisotopic (exact) mass is 413 g/mol. The summed E-state index contributed by atoms with van der Waals surface area (Å²) in [6, 6.07) is 3.81. The lowest BCUT2D eigenvalue weighted by molar-refractivity contribution is -0.121. The van der Waals surface area contributed by atoms with Crippen molar-refractivity contribution >= 4 is 17.1 Å². The van der Waals surface area contributed by atoms with E-state index in [0.717, 1.165) is 24.2 Å². The van der Waals surface area contributed by atoms with Gasteiger partial charge < -0.3 is 19.9 Å². The molecule has 0 aliphatic heterocycles. The number of likely N-dealkylation sites (N-methyl/N-ethyl adjacent to an activating group) is 1. The van der Waals surface area contributed by atoms with Crippen LogP contribution in [-0.4, -0.2) is 60.1 Å². The van der Waals surface area contributed by atoms with E-state index in [1.165, 1.54) is 5.57 Å². The molecular formula is C23H35N5O2. The SMILES string of the molecule is COc1ccc2[nH]c(C[C@@H]3C[C@@H](C(C)C)[C@H](CNC(=O)CN(C)C)C=C3C)nc2n1. The van der Waals surface area contributed by atoms with Crippen molar-refractivity contribution in [3.8, 4) is 5.88 Å². The fourth-order valence-corrected chi connectivity index (χ4v) is 4.45. The number of H-pyrrole nitrogens is 1. The number of methoxy groups -OCH3 is 1. The number of carbonyl (C=O) groups is 1. The van der Waals surface area contributed by atoms with E-state index in [1.807, 2.05) is 31.1 Å². The second-order valence-electron chi connectivity index (χ2n) is 9.07. The van der Waals surface area contributed by atoms with Crippen molar-refractivity contribution in [1.82, 2.24) is 25.2 Å². The topological polar surface area (TPSA) is 83.1 Å². The van der Waals surface area contributed by atoms with Gasteiger partial charge in [0.1, 0.15) is 5.82 Å². The van der Waals surface area contributed by atoms with E-state index in [0.29, 0.717) is 48.3 Å². The molecule has 0 spiro atoms. The Morgan fingerprint density at radius 3 is 2.77 bits per heavy atom. The Kier molecular flexibility index (Phi) is 7.13. The molecule has 30 heavy (non-hydrogen) atoms. The van der Waals surface area contributed by atoms with Crippen molar-refractivity contribution in [2.45, 2.75) is 33.6 Å². The smallest absolute Gasteiger partial charge is 0.234 e. The molecule has 3 atom stereocenters. The van der Waals surface area contributed by atoms with Gasteiger partial charge in [-0.15, -0.1) is 0 Å². The zero-order valence-electron chi connectivity index (χ0n) is 19.0. The van der Waals surface area contributed by atoms with Crippen LogP contribution in [0.15, 0.2) is 23.8 Å². The molecule has 1 aliphatic carbocycles. The van der Waals surface area contributed by atoms with Gasteiger partial charge in [0.15, 0.2) is 5.65 Å². The van der Waals surface area contributed by atoms with Crippen molar-refractivity contribution in [1.29, 1.82) is 0 Å². The number of aromatic nitrogens is 3. The minimum atomic E-state index is 0.0842. The number of fused-ring (bicyclic) bond motifs is 1. The number of carbonyl (C=O) groups excluding carboxylic acids is 1. The first-order valence-corrected chi connectivity index (χ1v) is 10.8. The standard InChI is InChI=1S/C23H35N5O2/c1-14(2)18-10-16(15(3)9-17(18)12-24-21(29)13-28(4)5)11-20-25-19-7-8-22(30-6)27-23(19)26-20/h7-9,14,16-18H,10-13H2,1-6H3,(H,24,29)(H,25,26,27)/t16-,17-,18-/m0/s1. The zero-order valence-corrected chi connectivity index (χ0v) is 19.0. The van der Waals surface area contributed by atoms with Gasteiger partial charge in [-0.3, -0.25) is 4.79 Å². The van der Waals surface area contributed by atoms with E-state index >= 15 is 0 Å². The maximum atomic E-state index is 12.1. The lowest BCUT2D eigenvalue weighted by Gasteiger charge is -2.37. The summed E-state index contributed by atoms with van der Waals surface area (Å²) in [5.74, 6) is 3.51. The summed E-state index contributed by atoms with van der Waals surface area (Å²) in [4.78, 5) is 26.5. The molecule has 1 amide bonds. The Morgan fingerprint density at radius 1 is 1.33 bits per heavy atom. The molecule has 164 valence electrons. The number of hydrogen-bond donors (Lipinski definition) is 2. The highest BCUT2D eigenvalue weighted by Crippen LogP contribution is 2.38. The molecule has 0 unspecified atom stereocenters. The van der Waals surface area contributed by atoms with Gasteiger partial charge in [-0.2, -0.15) is 4.98 Å². The van der Waals surface area contributed by atoms with E-state index in [-0.39, 0.29) is 5.91 Å². The van der Waals surface area contributed by atoms with Gasteiger partial charge in [-0.25, -0.2) is 4.98 Å². The van der Waals surface area contributed by atoms with E-state index in [9.17, 15) is 4.79 Å². The third-order valence-corrected chi connectivity index (χ3v) is 6.10. The average molecular weight is 414 g/mol. The minimum Gasteiger partial charge on any atom is -0.481 e. The summed E-state index contributed by atoms with van der Waals surface area (Å²) < 4.78 is 5.20. The average Bonchev–Trinajstić information content (AvgIpc) is 3.08. The Labute approximate surface area is 179 Å². The van der Waals surface area contributed by atoms with Gasteiger partial charge in [0.25, 0.3) is 0 Å². The Morgan fingerprint density at radius 2 is 2.10 bits per heavy atom. The van der Waals surface area contributed by atoms with Crippen LogP contribution in [0.5, 0.6) is 5.88 Å². The first-order chi connectivity index (χ1) is 14.3. The number of amides is 1. The number of pyridine rings is 1. The van der Waals surface area contributed by atoms with Crippen LogP contribution in [0.1, 0.15) is 33.0 Å². The van der Waals surface area contributed by atoms with Gasteiger partial charge in [0, 0.05) is 19.0 Å². The first kappa shape index (κ1) is 22.3. The molecule has 2 aromatic heterocycles. The van der Waals surface area contributed by atoms with Crippen LogP contribution in [0.4, 0.5) is 0 Å². The van der Waals surface area contributed by atoms with E-state index in [4.69, 9.17) is 9.72 Å². The molecule has 2 N–H and O–H groups in total. The molecule has 0 saturated heterocycles. The Bertz CT molecular complexity index is 902. The molecule has 2 aromatic rings. The second kappa shape index (κ2) is 9.60. The lowest BCUT2D eigenvalue weighted by Crippen LogP contribution is -2.40. The van der Waals surface area contributed by atoms with E-state index in [1.54, 1.807) is 7.11 Å². The molecule has 0 radical (unpaired) electrons. The number of hydrogen-bond acceptors (Lipinski definition) is 5. The highest BCUT2D eigenvalue weighted by Gasteiger charge is 2.32. The van der Waals surface area contributed by atoms with Gasteiger partial charge in [-0.05, 0) is 57.2 Å². The van der Waals surface area contributed by atoms with Crippen molar-refractivity contribution in [3.05, 3.63) is 29.6 Å². The maximum absolute atomic E-state index is 12.1. The number of ether oxygens (including phenoxy) is 1. The minimum absolute atomic E-state index is 0.0842. The number of nitrogens with one attached hydrogen (secondary N) is 2. The van der Waals surface area contributed by atoms with Crippen LogP contribution in [-0.2, 0) is 11.2 Å². The summed E-state index contributed by atoms with van der Waals surface area (Å²) in [6.07, 6.45) is 4.34. The number of rotatable bonds is 8. The third kappa shape index (κ3) is 5.39. The van der Waals surface area contributed by atoms with Crippen LogP contribution < -0.4 is 10.1 Å². The quantitative estimate of drug-likeness (QED) is 0.650. The first-order valence-electron chi connectivity index (χ1n) is 10.8. The second-order valence-corrected chi connectivity index (χ2v) is 9.07. The summed E-state index contributed by atoms with van der Waals surface area (Å²) >= 11 is 0. The van der Waals surface area contributed by atoms with Crippen molar-refractivity contribution in [3.63, 3.8) is 0 Å². The molecule has 7 heteroatoms. The molecule has 2 heterocycles. The molecular weight excluding hydrogens is 378 g/mol. The van der Waals surface area contributed by atoms with Crippen molar-refractivity contribution in [2.75, 3.05) is 34.3 Å². The molecule has 0 aromatic carbocycles. The Balaban J connectivity index is 1.71. The van der Waals surface area contributed by atoms with E-state index < -0.39 is 0 Å². The molecule has 3 rings (SSSR count). The van der Waals surface area contributed by atoms with Gasteiger partial charge >= 0.3 is 0 Å². The van der Waals surface area contributed by atoms with Crippen LogP contribution in [0, 0.1) is 23.7 Å². The molecule has 0 fully saturated rings. The highest BCUT2D eigenvalue weighted by molar-refractivity contribution is 5.78. The van der Waals surface area contributed by atoms with Gasteiger partial charge in [0.2, 0.25) is 11.8 Å². The van der Waals surface area contributed by atoms with Gasteiger partial charge in [0.05, 0.1) is 19.2 Å². The normalized spacial score (nSPS) is 21.9. The van der Waals surface area contributed by atoms with Crippen molar-refractivity contribution < 1.29 is 9.53 Å². The number of nitrogens with zero attached hydrogens (tertiary/aromatic N) is 3. The summed E-state index contributed by atoms with van der Waals surface area (Å²) in [6.45, 7) is 7.90. The molecule has 1 aliphatic rings. The number of allylic oxidation sites excluding steroid dienone is 1. The summed E-state index contributed by atoms with van der Waals surface area (Å²) in [7, 11) is 5.44. The van der Waals surface area contributed by atoms with Crippen LogP contribution in [0.2, 0.25) is 0 Å². The fourth-order valence-electron chi connectivity index (χ4n) is 4.45. The third-order valence-electron chi connectivity index (χ3n) is 6.10. The molecule has 0 bridgehead atoms. The maximum Gasteiger partial charge on any atom is 0.234 e. The molecule has 7 nitrogen and oxygen atoms in total. The lowest BCUT2D eigenvalue weighted by atomic mass is 9.70. The summed E-state index contributed by atoms with van der Waals surface area (Å²) in [5.41, 5.74) is 3.01. The van der Waals surface area contributed by atoms with Crippen LogP contribution >= 0.6 is 0 Å². The largest absolute Gasteiger partial charge is 0.481 e. The predicted octanol–water partition coefficient (Wildman–Crippen LogP) is 3.04. The zero-order chi connectivity index (χ0) is 21.8. The number of imidazole rings is 1. The van der Waals surface area contributed by atoms with E-state index in [2.05, 4.69) is 42.1 Å². The van der Waals surface area contributed by atoms with Crippen LogP contribution in [0.3, 0.4) is 0 Å². The molecule has 0 saturated carbocycles. The summed E-state index contributed by atoms with van der Waals surface area (Å²) in [5, 5.41) is 3.12.